The lowest BCUT2D eigenvalue weighted by Gasteiger charge is -2.19. The summed E-state index contributed by atoms with van der Waals surface area (Å²) >= 11 is 5.70. The summed E-state index contributed by atoms with van der Waals surface area (Å²) in [6, 6.07) is 2.96. The van der Waals surface area contributed by atoms with E-state index in [1.165, 1.54) is 12.1 Å². The predicted molar refractivity (Wildman–Crippen MR) is 64.5 cm³/mol. The summed E-state index contributed by atoms with van der Waals surface area (Å²) in [5.74, 6) is 0.214. The molecule has 92 valence electrons. The predicted octanol–water partition coefficient (Wildman–Crippen LogP) is 2.89. The van der Waals surface area contributed by atoms with Crippen molar-refractivity contribution in [1.29, 1.82) is 0 Å². The van der Waals surface area contributed by atoms with E-state index in [1.807, 2.05) is 0 Å². The van der Waals surface area contributed by atoms with Gasteiger partial charge in [-0.15, -0.1) is 0 Å². The number of nitrogens with one attached hydrogen (secondary N) is 1. The number of rotatable bonds is 2. The van der Waals surface area contributed by atoms with Crippen LogP contribution in [-0.2, 0) is 4.74 Å². The number of ether oxygens (including phenoxy) is 1. The highest BCUT2D eigenvalue weighted by Crippen LogP contribution is 2.16. The Morgan fingerprint density at radius 2 is 2.12 bits per heavy atom. The molecule has 0 spiro atoms. The molecule has 0 atom stereocenters. The molecule has 0 aliphatic rings. The summed E-state index contributed by atoms with van der Waals surface area (Å²) in [5.41, 5.74) is -0.524. The zero-order chi connectivity index (χ0) is 13.1. The molecule has 0 unspecified atom stereocenters. The highest BCUT2D eigenvalue weighted by molar-refractivity contribution is 6.32. The fourth-order valence-corrected chi connectivity index (χ4v) is 1.17. The number of amides is 1. The van der Waals surface area contributed by atoms with Crippen molar-refractivity contribution in [2.24, 2.45) is 0 Å². The molecule has 1 N–H and O–H groups in total. The molecule has 6 heteroatoms. The number of anilines is 1. The number of halogens is 1. The number of aldehydes is 1. The third kappa shape index (κ3) is 4.40. The van der Waals surface area contributed by atoms with E-state index in [-0.39, 0.29) is 16.5 Å². The summed E-state index contributed by atoms with van der Waals surface area (Å²) < 4.78 is 5.03. The van der Waals surface area contributed by atoms with Gasteiger partial charge in [0.15, 0.2) is 6.29 Å². The van der Waals surface area contributed by atoms with Gasteiger partial charge in [-0.05, 0) is 32.9 Å². The van der Waals surface area contributed by atoms with Gasteiger partial charge in [0.2, 0.25) is 0 Å². The Morgan fingerprint density at radius 1 is 1.47 bits per heavy atom. The summed E-state index contributed by atoms with van der Waals surface area (Å²) in [6.45, 7) is 5.25. The van der Waals surface area contributed by atoms with Crippen LogP contribution in [0.25, 0.3) is 0 Å². The van der Waals surface area contributed by atoms with Crippen molar-refractivity contribution in [3.63, 3.8) is 0 Å². The van der Waals surface area contributed by atoms with Gasteiger partial charge in [-0.2, -0.15) is 0 Å². The molecule has 5 nitrogen and oxygen atoms in total. The van der Waals surface area contributed by atoms with Crippen LogP contribution in [0.1, 0.15) is 31.3 Å². The fourth-order valence-electron chi connectivity index (χ4n) is 1.02. The lowest BCUT2D eigenvalue weighted by molar-refractivity contribution is 0.0635. The van der Waals surface area contributed by atoms with Crippen LogP contribution in [0, 0.1) is 0 Å². The van der Waals surface area contributed by atoms with Gasteiger partial charge in [-0.3, -0.25) is 10.1 Å². The third-order valence-electron chi connectivity index (χ3n) is 1.61. The fraction of sp³-hybridized carbons (Fsp3) is 0.364. The second-order valence-corrected chi connectivity index (χ2v) is 4.72. The standard InChI is InChI=1S/C11H13ClN2O3/c1-11(2,3)17-10(16)14-9-5-4-7(12)8(6-15)13-9/h4-6H,1-3H3,(H,13,14,16). The van der Waals surface area contributed by atoms with Crippen LogP contribution >= 0.6 is 11.6 Å². The average molecular weight is 257 g/mol. The SMILES string of the molecule is CC(C)(C)OC(=O)Nc1ccc(Cl)c(C=O)n1. The Morgan fingerprint density at radius 3 is 2.65 bits per heavy atom. The van der Waals surface area contributed by atoms with Crippen LogP contribution in [0.4, 0.5) is 10.6 Å². The quantitative estimate of drug-likeness (QED) is 0.826. The minimum Gasteiger partial charge on any atom is -0.444 e. The molecule has 0 radical (unpaired) electrons. The van der Waals surface area contributed by atoms with E-state index >= 15 is 0 Å². The van der Waals surface area contributed by atoms with Crippen molar-refractivity contribution in [2.45, 2.75) is 26.4 Å². The largest absolute Gasteiger partial charge is 0.444 e. The van der Waals surface area contributed by atoms with Gasteiger partial charge in [0.05, 0.1) is 5.02 Å². The molecular weight excluding hydrogens is 244 g/mol. The molecule has 1 aromatic rings. The molecule has 0 aliphatic heterocycles. The van der Waals surface area contributed by atoms with E-state index in [0.717, 1.165) is 0 Å². The molecule has 0 bridgehead atoms. The number of nitrogens with zero attached hydrogens (tertiary/aromatic N) is 1. The summed E-state index contributed by atoms with van der Waals surface area (Å²) in [7, 11) is 0. The number of pyridine rings is 1. The van der Waals surface area contributed by atoms with E-state index in [1.54, 1.807) is 20.8 Å². The number of carbonyl (C=O) groups excluding carboxylic acids is 2. The van der Waals surface area contributed by atoms with Crippen LogP contribution in [0.3, 0.4) is 0 Å². The van der Waals surface area contributed by atoms with Gasteiger partial charge in [-0.1, -0.05) is 11.6 Å². The molecule has 1 rings (SSSR count). The van der Waals surface area contributed by atoms with E-state index in [2.05, 4.69) is 10.3 Å². The van der Waals surface area contributed by atoms with Gasteiger partial charge in [-0.25, -0.2) is 9.78 Å². The van der Waals surface area contributed by atoms with Crippen molar-refractivity contribution in [3.8, 4) is 0 Å². The van der Waals surface area contributed by atoms with Gasteiger partial charge >= 0.3 is 6.09 Å². The van der Waals surface area contributed by atoms with E-state index in [0.29, 0.717) is 6.29 Å². The zero-order valence-electron chi connectivity index (χ0n) is 9.78. The van der Waals surface area contributed by atoms with Crippen molar-refractivity contribution in [2.75, 3.05) is 5.32 Å². The minimum absolute atomic E-state index is 0.0697. The lowest BCUT2D eigenvalue weighted by Crippen LogP contribution is -2.27. The van der Waals surface area contributed by atoms with E-state index in [9.17, 15) is 9.59 Å². The third-order valence-corrected chi connectivity index (χ3v) is 1.93. The van der Waals surface area contributed by atoms with Crippen molar-refractivity contribution in [1.82, 2.24) is 4.98 Å². The number of hydrogen-bond donors (Lipinski definition) is 1. The molecule has 17 heavy (non-hydrogen) atoms. The maximum Gasteiger partial charge on any atom is 0.413 e. The lowest BCUT2D eigenvalue weighted by atomic mass is 10.2. The Hall–Kier alpha value is -1.62. The molecule has 0 aliphatic carbocycles. The molecule has 1 amide bonds. The number of aromatic nitrogens is 1. The summed E-state index contributed by atoms with van der Waals surface area (Å²) in [5, 5.41) is 2.64. The van der Waals surface area contributed by atoms with Crippen LogP contribution in [0.2, 0.25) is 5.02 Å². The maximum absolute atomic E-state index is 11.4. The van der Waals surface area contributed by atoms with Crippen LogP contribution in [0.15, 0.2) is 12.1 Å². The first-order valence-electron chi connectivity index (χ1n) is 4.93. The van der Waals surface area contributed by atoms with Crippen molar-refractivity contribution >= 4 is 29.8 Å². The van der Waals surface area contributed by atoms with Gasteiger partial charge in [0.1, 0.15) is 17.1 Å². The Balaban J connectivity index is 2.75. The topological polar surface area (TPSA) is 68.3 Å². The number of hydrogen-bond acceptors (Lipinski definition) is 4. The van der Waals surface area contributed by atoms with Gasteiger partial charge < -0.3 is 4.74 Å². The Bertz CT molecular complexity index is 441. The first-order chi connectivity index (χ1) is 7.81. The first-order valence-corrected chi connectivity index (χ1v) is 5.31. The van der Waals surface area contributed by atoms with Crippen LogP contribution < -0.4 is 5.32 Å². The number of carbonyl (C=O) groups is 2. The molecular formula is C11H13ClN2O3. The molecule has 1 aromatic heterocycles. The molecule has 0 aromatic carbocycles. The second-order valence-electron chi connectivity index (χ2n) is 4.31. The molecule has 0 saturated heterocycles. The first kappa shape index (κ1) is 13.4. The monoisotopic (exact) mass is 256 g/mol. The van der Waals surface area contributed by atoms with E-state index in [4.69, 9.17) is 16.3 Å². The van der Waals surface area contributed by atoms with Crippen molar-refractivity contribution < 1.29 is 14.3 Å². The zero-order valence-corrected chi connectivity index (χ0v) is 10.5. The normalized spacial score (nSPS) is 10.8. The van der Waals surface area contributed by atoms with Crippen LogP contribution in [0.5, 0.6) is 0 Å². The summed E-state index contributed by atoms with van der Waals surface area (Å²) in [4.78, 5) is 25.9. The van der Waals surface area contributed by atoms with Gasteiger partial charge in [0.25, 0.3) is 0 Å². The highest BCUT2D eigenvalue weighted by atomic mass is 35.5. The smallest absolute Gasteiger partial charge is 0.413 e. The van der Waals surface area contributed by atoms with Gasteiger partial charge in [0, 0.05) is 0 Å². The Labute approximate surface area is 104 Å². The average Bonchev–Trinajstić information content (AvgIpc) is 2.18. The molecule has 0 fully saturated rings. The Kier molecular flexibility index (Phi) is 4.07. The molecule has 1 heterocycles. The van der Waals surface area contributed by atoms with Crippen LogP contribution in [-0.4, -0.2) is 23.0 Å². The molecule has 0 saturated carbocycles. The minimum atomic E-state index is -0.635. The van der Waals surface area contributed by atoms with Crippen molar-refractivity contribution in [3.05, 3.63) is 22.8 Å². The maximum atomic E-state index is 11.4. The highest BCUT2D eigenvalue weighted by Gasteiger charge is 2.16. The van der Waals surface area contributed by atoms with E-state index < -0.39 is 11.7 Å². The summed E-state index contributed by atoms with van der Waals surface area (Å²) in [6.07, 6.45) is -0.119. The second kappa shape index (κ2) is 5.14.